The van der Waals surface area contributed by atoms with E-state index in [0.717, 1.165) is 11.1 Å². The van der Waals surface area contributed by atoms with E-state index in [1.54, 1.807) is 29.8 Å². The van der Waals surface area contributed by atoms with E-state index in [1.165, 1.54) is 0 Å². The first kappa shape index (κ1) is 9.18. The van der Waals surface area contributed by atoms with Crippen molar-refractivity contribution in [2.75, 3.05) is 5.73 Å². The minimum atomic E-state index is -0.171. The second-order valence-electron chi connectivity index (χ2n) is 3.04. The molecule has 2 aromatic rings. The summed E-state index contributed by atoms with van der Waals surface area (Å²) in [6, 6.07) is 3.60. The Bertz CT molecular complexity index is 411. The number of anilines is 1. The van der Waals surface area contributed by atoms with Crippen LogP contribution in [0.25, 0.3) is 0 Å². The lowest BCUT2D eigenvalue weighted by molar-refractivity contribution is 0.872. The second-order valence-corrected chi connectivity index (χ2v) is 3.82. The van der Waals surface area contributed by atoms with Crippen molar-refractivity contribution in [1.82, 2.24) is 4.98 Å². The molecular formula is C10H11N3S. The number of thiophene rings is 1. The van der Waals surface area contributed by atoms with Crippen LogP contribution in [0.5, 0.6) is 0 Å². The molecule has 0 saturated heterocycles. The zero-order valence-electron chi connectivity index (χ0n) is 7.55. The summed E-state index contributed by atoms with van der Waals surface area (Å²) in [6.07, 6.45) is 3.39. The van der Waals surface area contributed by atoms with Crippen LogP contribution < -0.4 is 11.5 Å². The highest BCUT2D eigenvalue weighted by molar-refractivity contribution is 7.08. The van der Waals surface area contributed by atoms with Gasteiger partial charge in [0.05, 0.1) is 6.04 Å². The number of nitrogen functional groups attached to an aromatic ring is 1. The molecular weight excluding hydrogens is 194 g/mol. The van der Waals surface area contributed by atoms with E-state index in [4.69, 9.17) is 11.5 Å². The number of nitrogens with two attached hydrogens (primary N) is 2. The fourth-order valence-electron chi connectivity index (χ4n) is 1.31. The van der Waals surface area contributed by atoms with E-state index in [2.05, 4.69) is 4.98 Å². The number of hydrogen-bond acceptors (Lipinski definition) is 4. The van der Waals surface area contributed by atoms with Crippen molar-refractivity contribution >= 4 is 17.0 Å². The number of pyridine rings is 1. The van der Waals surface area contributed by atoms with Gasteiger partial charge in [-0.2, -0.15) is 11.3 Å². The summed E-state index contributed by atoms with van der Waals surface area (Å²) in [4.78, 5) is 4.02. The van der Waals surface area contributed by atoms with Crippen LogP contribution in [-0.2, 0) is 0 Å². The van der Waals surface area contributed by atoms with Gasteiger partial charge in [-0.3, -0.25) is 4.98 Å². The maximum absolute atomic E-state index is 6.05. The quantitative estimate of drug-likeness (QED) is 0.785. The molecule has 0 saturated carbocycles. The third-order valence-electron chi connectivity index (χ3n) is 2.12. The van der Waals surface area contributed by atoms with Gasteiger partial charge >= 0.3 is 0 Å². The SMILES string of the molecule is Nc1ccncc1C(N)c1ccsc1. The van der Waals surface area contributed by atoms with Gasteiger partial charge in [-0.25, -0.2) is 0 Å². The van der Waals surface area contributed by atoms with Crippen molar-refractivity contribution < 1.29 is 0 Å². The molecule has 0 bridgehead atoms. The van der Waals surface area contributed by atoms with E-state index < -0.39 is 0 Å². The molecule has 3 nitrogen and oxygen atoms in total. The van der Waals surface area contributed by atoms with Crippen molar-refractivity contribution in [3.8, 4) is 0 Å². The van der Waals surface area contributed by atoms with Gasteiger partial charge in [-0.1, -0.05) is 0 Å². The summed E-state index contributed by atoms with van der Waals surface area (Å²) < 4.78 is 0. The molecule has 4 heteroatoms. The van der Waals surface area contributed by atoms with E-state index >= 15 is 0 Å². The Morgan fingerprint density at radius 2 is 2.21 bits per heavy atom. The predicted octanol–water partition coefficient (Wildman–Crippen LogP) is 1.77. The van der Waals surface area contributed by atoms with Crippen molar-refractivity contribution in [3.63, 3.8) is 0 Å². The Balaban J connectivity index is 2.37. The zero-order chi connectivity index (χ0) is 9.97. The molecule has 0 aliphatic carbocycles. The van der Waals surface area contributed by atoms with Crippen LogP contribution in [0.3, 0.4) is 0 Å². The Morgan fingerprint density at radius 1 is 1.36 bits per heavy atom. The summed E-state index contributed by atoms with van der Waals surface area (Å²) >= 11 is 1.63. The fraction of sp³-hybridized carbons (Fsp3) is 0.100. The number of nitrogens with zero attached hydrogens (tertiary/aromatic N) is 1. The standard InChI is InChI=1S/C10H11N3S/c11-9-1-3-13-5-8(9)10(12)7-2-4-14-6-7/h1-6,10H,12H2,(H2,11,13). The van der Waals surface area contributed by atoms with Crippen molar-refractivity contribution in [2.45, 2.75) is 6.04 Å². The van der Waals surface area contributed by atoms with Gasteiger partial charge in [0.2, 0.25) is 0 Å². The fourth-order valence-corrected chi connectivity index (χ4v) is 2.01. The van der Waals surface area contributed by atoms with E-state index in [0.29, 0.717) is 5.69 Å². The largest absolute Gasteiger partial charge is 0.398 e. The molecule has 0 aliphatic rings. The van der Waals surface area contributed by atoms with E-state index in [9.17, 15) is 0 Å². The molecule has 0 spiro atoms. The molecule has 0 aromatic carbocycles. The predicted molar refractivity (Wildman–Crippen MR) is 59.0 cm³/mol. The van der Waals surface area contributed by atoms with Crippen LogP contribution in [-0.4, -0.2) is 4.98 Å². The molecule has 2 aromatic heterocycles. The second kappa shape index (κ2) is 3.77. The van der Waals surface area contributed by atoms with Crippen molar-refractivity contribution in [1.29, 1.82) is 0 Å². The zero-order valence-corrected chi connectivity index (χ0v) is 8.37. The Hall–Kier alpha value is -1.39. The Labute approximate surface area is 86.4 Å². The minimum absolute atomic E-state index is 0.171. The molecule has 0 amide bonds. The summed E-state index contributed by atoms with van der Waals surface area (Å²) in [5.41, 5.74) is 14.5. The molecule has 0 radical (unpaired) electrons. The average Bonchev–Trinajstić information content (AvgIpc) is 2.70. The van der Waals surface area contributed by atoms with Gasteiger partial charge in [0.1, 0.15) is 0 Å². The first-order valence-electron chi connectivity index (χ1n) is 4.26. The lowest BCUT2D eigenvalue weighted by Gasteiger charge is -2.11. The summed E-state index contributed by atoms with van der Waals surface area (Å²) in [6.45, 7) is 0. The smallest absolute Gasteiger partial charge is 0.0595 e. The van der Waals surface area contributed by atoms with Gasteiger partial charge in [0.25, 0.3) is 0 Å². The minimum Gasteiger partial charge on any atom is -0.398 e. The lowest BCUT2D eigenvalue weighted by Crippen LogP contribution is -2.13. The van der Waals surface area contributed by atoms with E-state index in [-0.39, 0.29) is 6.04 Å². The Kier molecular flexibility index (Phi) is 2.47. The molecule has 14 heavy (non-hydrogen) atoms. The van der Waals surface area contributed by atoms with Crippen LogP contribution in [0.15, 0.2) is 35.3 Å². The highest BCUT2D eigenvalue weighted by Gasteiger charge is 2.11. The van der Waals surface area contributed by atoms with Crippen LogP contribution in [0.2, 0.25) is 0 Å². The Morgan fingerprint density at radius 3 is 2.86 bits per heavy atom. The number of aromatic nitrogens is 1. The van der Waals surface area contributed by atoms with Crippen molar-refractivity contribution in [3.05, 3.63) is 46.4 Å². The van der Waals surface area contributed by atoms with Gasteiger partial charge in [-0.15, -0.1) is 0 Å². The highest BCUT2D eigenvalue weighted by Crippen LogP contribution is 2.24. The molecule has 0 fully saturated rings. The third-order valence-corrected chi connectivity index (χ3v) is 2.83. The maximum atomic E-state index is 6.05. The molecule has 1 atom stereocenters. The molecule has 4 N–H and O–H groups in total. The van der Waals surface area contributed by atoms with Crippen LogP contribution in [0.1, 0.15) is 17.2 Å². The monoisotopic (exact) mass is 205 g/mol. The molecule has 72 valence electrons. The molecule has 1 unspecified atom stereocenters. The van der Waals surface area contributed by atoms with Crippen LogP contribution >= 0.6 is 11.3 Å². The van der Waals surface area contributed by atoms with Gasteiger partial charge in [0.15, 0.2) is 0 Å². The maximum Gasteiger partial charge on any atom is 0.0595 e. The average molecular weight is 205 g/mol. The molecule has 2 heterocycles. The number of rotatable bonds is 2. The summed E-state index contributed by atoms with van der Waals surface area (Å²) in [5.74, 6) is 0. The first-order chi connectivity index (χ1) is 6.79. The van der Waals surface area contributed by atoms with E-state index in [1.807, 2.05) is 16.8 Å². The van der Waals surface area contributed by atoms with Crippen molar-refractivity contribution in [2.24, 2.45) is 5.73 Å². The normalized spacial score (nSPS) is 12.6. The van der Waals surface area contributed by atoms with Gasteiger partial charge in [-0.05, 0) is 28.5 Å². The topological polar surface area (TPSA) is 64.9 Å². The summed E-state index contributed by atoms with van der Waals surface area (Å²) in [5, 5.41) is 4.03. The van der Waals surface area contributed by atoms with Crippen LogP contribution in [0.4, 0.5) is 5.69 Å². The van der Waals surface area contributed by atoms with Gasteiger partial charge < -0.3 is 11.5 Å². The van der Waals surface area contributed by atoms with Crippen LogP contribution in [0, 0.1) is 0 Å². The summed E-state index contributed by atoms with van der Waals surface area (Å²) in [7, 11) is 0. The molecule has 0 aliphatic heterocycles. The lowest BCUT2D eigenvalue weighted by atomic mass is 10.0. The highest BCUT2D eigenvalue weighted by atomic mass is 32.1. The number of hydrogen-bond donors (Lipinski definition) is 2. The molecule has 2 rings (SSSR count). The first-order valence-corrected chi connectivity index (χ1v) is 5.20. The third kappa shape index (κ3) is 1.62. The van der Waals surface area contributed by atoms with Gasteiger partial charge in [0, 0.05) is 23.6 Å².